The lowest BCUT2D eigenvalue weighted by Crippen LogP contribution is -2.33. The number of halogens is 1. The first-order valence-electron chi connectivity index (χ1n) is 5.79. The monoisotopic (exact) mass is 291 g/mol. The average molecular weight is 291 g/mol. The number of anilines is 1. The molecule has 1 aliphatic carbocycles. The van der Waals surface area contributed by atoms with Crippen molar-refractivity contribution < 1.29 is 23.5 Å². The molecule has 0 radical (unpaired) electrons. The summed E-state index contributed by atoms with van der Waals surface area (Å²) in [5, 5.41) is 12.0. The van der Waals surface area contributed by atoms with Crippen molar-refractivity contribution in [3.63, 3.8) is 0 Å². The first kappa shape index (κ1) is 14.3. The van der Waals surface area contributed by atoms with Crippen molar-refractivity contribution in [2.45, 2.75) is 24.7 Å². The van der Waals surface area contributed by atoms with Gasteiger partial charge in [-0.05, 0) is 12.5 Å². The van der Waals surface area contributed by atoms with Gasteiger partial charge in [-0.2, -0.15) is 0 Å². The Hall–Kier alpha value is -1.08. The second-order valence-electron chi connectivity index (χ2n) is 4.32. The van der Waals surface area contributed by atoms with E-state index in [0.717, 1.165) is 0 Å². The van der Waals surface area contributed by atoms with E-state index in [4.69, 9.17) is 4.89 Å². The Morgan fingerprint density at radius 3 is 3.00 bits per heavy atom. The summed E-state index contributed by atoms with van der Waals surface area (Å²) in [6, 6.07) is 0.961. The van der Waals surface area contributed by atoms with Crippen LogP contribution < -0.4 is 5.32 Å². The molecule has 106 valence electrons. The highest BCUT2D eigenvalue weighted by atomic mass is 31.1. The number of aliphatic hydroxyl groups excluding tert-OH is 1. The van der Waals surface area contributed by atoms with Gasteiger partial charge < -0.3 is 19.8 Å². The standard InChI is InChI=1S/C10H15FN3O4P/c11-9-7(14-8-1-2-12-5-13-8)3-6(4-15)10(9)18-19(16)17/h1-2,5-7,9-10,15,19H,3-4H2,(H,16,17)(H,12,13,14)/t6?,7-,9+,10-/m1/s1. The molecule has 0 bridgehead atoms. The van der Waals surface area contributed by atoms with Crippen LogP contribution in [-0.4, -0.2) is 44.9 Å². The van der Waals surface area contributed by atoms with E-state index in [1.165, 1.54) is 12.5 Å². The predicted octanol–water partition coefficient (Wildman–Crippen LogP) is 0.375. The fourth-order valence-corrected chi connectivity index (χ4v) is 2.80. The lowest BCUT2D eigenvalue weighted by Gasteiger charge is -2.19. The molecule has 0 spiro atoms. The first-order chi connectivity index (χ1) is 9.11. The molecule has 0 amide bonds. The van der Waals surface area contributed by atoms with Crippen LogP contribution in [0, 0.1) is 5.92 Å². The molecule has 19 heavy (non-hydrogen) atoms. The topological polar surface area (TPSA) is 105 Å². The maximum absolute atomic E-state index is 14.2. The maximum atomic E-state index is 14.2. The zero-order chi connectivity index (χ0) is 13.8. The Kier molecular flexibility index (Phi) is 4.81. The van der Waals surface area contributed by atoms with Crippen molar-refractivity contribution >= 4 is 14.1 Å². The van der Waals surface area contributed by atoms with Gasteiger partial charge in [-0.1, -0.05) is 0 Å². The van der Waals surface area contributed by atoms with Crippen molar-refractivity contribution in [1.29, 1.82) is 0 Å². The molecule has 0 saturated heterocycles. The van der Waals surface area contributed by atoms with Crippen LogP contribution in [0.25, 0.3) is 0 Å². The third-order valence-corrected chi connectivity index (χ3v) is 3.58. The third kappa shape index (κ3) is 3.48. The number of aromatic nitrogens is 2. The van der Waals surface area contributed by atoms with Gasteiger partial charge in [0.25, 0.3) is 0 Å². The lowest BCUT2D eigenvalue weighted by molar-refractivity contribution is 0.0612. The van der Waals surface area contributed by atoms with Crippen LogP contribution in [0.1, 0.15) is 6.42 Å². The summed E-state index contributed by atoms with van der Waals surface area (Å²) in [4.78, 5) is 16.4. The van der Waals surface area contributed by atoms with E-state index in [9.17, 15) is 14.1 Å². The summed E-state index contributed by atoms with van der Waals surface area (Å²) in [6.07, 6.45) is 0.561. The molecular formula is C10H15FN3O4P. The van der Waals surface area contributed by atoms with Crippen LogP contribution in [0.5, 0.6) is 0 Å². The van der Waals surface area contributed by atoms with Crippen LogP contribution in [0.3, 0.4) is 0 Å². The van der Waals surface area contributed by atoms with E-state index in [1.807, 2.05) is 0 Å². The highest BCUT2D eigenvalue weighted by molar-refractivity contribution is 7.32. The van der Waals surface area contributed by atoms with Gasteiger partial charge in [-0.3, -0.25) is 4.57 Å². The minimum absolute atomic E-state index is 0.293. The smallest absolute Gasteiger partial charge is 0.316 e. The van der Waals surface area contributed by atoms with Crippen LogP contribution in [0.2, 0.25) is 0 Å². The van der Waals surface area contributed by atoms with Crippen molar-refractivity contribution in [2.24, 2.45) is 5.92 Å². The Labute approximate surface area is 109 Å². The van der Waals surface area contributed by atoms with Crippen molar-refractivity contribution in [3.8, 4) is 0 Å². The highest BCUT2D eigenvalue weighted by Crippen LogP contribution is 2.37. The molecule has 1 aromatic heterocycles. The van der Waals surface area contributed by atoms with E-state index in [0.29, 0.717) is 12.2 Å². The maximum Gasteiger partial charge on any atom is 0.316 e. The molecule has 1 fully saturated rings. The molecule has 0 aliphatic heterocycles. The fourth-order valence-electron chi connectivity index (χ4n) is 2.24. The summed E-state index contributed by atoms with van der Waals surface area (Å²) in [5.41, 5.74) is 0. The summed E-state index contributed by atoms with van der Waals surface area (Å²) in [7, 11) is -3.24. The molecule has 1 saturated carbocycles. The number of hydrogen-bond donors (Lipinski definition) is 3. The van der Waals surface area contributed by atoms with Crippen molar-refractivity contribution in [3.05, 3.63) is 18.6 Å². The van der Waals surface area contributed by atoms with Gasteiger partial charge in [0, 0.05) is 18.7 Å². The number of hydrogen-bond acceptors (Lipinski definition) is 6. The average Bonchev–Trinajstić information content (AvgIpc) is 2.68. The van der Waals surface area contributed by atoms with E-state index >= 15 is 0 Å². The fraction of sp³-hybridized carbons (Fsp3) is 0.600. The number of nitrogens with zero attached hydrogens (tertiary/aromatic N) is 2. The minimum atomic E-state index is -3.24. The van der Waals surface area contributed by atoms with Crippen molar-refractivity contribution in [1.82, 2.24) is 9.97 Å². The van der Waals surface area contributed by atoms with Gasteiger partial charge in [0.15, 0.2) is 0 Å². The summed E-state index contributed by atoms with van der Waals surface area (Å²) in [6.45, 7) is -0.303. The summed E-state index contributed by atoms with van der Waals surface area (Å²) < 4.78 is 29.5. The van der Waals surface area contributed by atoms with E-state index in [1.54, 1.807) is 6.07 Å². The van der Waals surface area contributed by atoms with Crippen LogP contribution >= 0.6 is 8.25 Å². The van der Waals surface area contributed by atoms with Gasteiger partial charge in [-0.25, -0.2) is 14.4 Å². The van der Waals surface area contributed by atoms with E-state index in [-0.39, 0.29) is 6.61 Å². The Balaban J connectivity index is 2.05. The zero-order valence-electron chi connectivity index (χ0n) is 9.94. The Morgan fingerprint density at radius 2 is 2.42 bits per heavy atom. The minimum Gasteiger partial charge on any atom is -0.396 e. The lowest BCUT2D eigenvalue weighted by atomic mass is 10.1. The second-order valence-corrected chi connectivity index (χ2v) is 5.08. The molecule has 9 heteroatoms. The predicted molar refractivity (Wildman–Crippen MR) is 65.6 cm³/mol. The van der Waals surface area contributed by atoms with Crippen LogP contribution in [0.4, 0.5) is 10.2 Å². The molecule has 1 aromatic rings. The third-order valence-electron chi connectivity index (χ3n) is 3.11. The van der Waals surface area contributed by atoms with Gasteiger partial charge >= 0.3 is 8.25 Å². The molecular weight excluding hydrogens is 276 g/mol. The van der Waals surface area contributed by atoms with E-state index in [2.05, 4.69) is 19.8 Å². The molecule has 1 aliphatic rings. The quantitative estimate of drug-likeness (QED) is 0.673. The molecule has 7 nitrogen and oxygen atoms in total. The Bertz CT molecular complexity index is 438. The largest absolute Gasteiger partial charge is 0.396 e. The molecule has 0 aromatic carbocycles. The van der Waals surface area contributed by atoms with Crippen LogP contribution in [0.15, 0.2) is 18.6 Å². The number of alkyl halides is 1. The number of nitrogens with one attached hydrogen (secondary N) is 1. The first-order valence-corrected chi connectivity index (χ1v) is 7.05. The number of aliphatic hydroxyl groups is 1. The Morgan fingerprint density at radius 1 is 1.63 bits per heavy atom. The molecule has 3 N–H and O–H groups in total. The van der Waals surface area contributed by atoms with Gasteiger partial charge in [0.2, 0.25) is 0 Å². The highest BCUT2D eigenvalue weighted by Gasteiger charge is 2.45. The normalized spacial score (nSPS) is 32.2. The molecule has 5 atom stereocenters. The number of rotatable bonds is 5. The van der Waals surface area contributed by atoms with Crippen molar-refractivity contribution in [2.75, 3.05) is 11.9 Å². The summed E-state index contributed by atoms with van der Waals surface area (Å²) >= 11 is 0. The molecule has 1 heterocycles. The molecule has 2 unspecified atom stereocenters. The van der Waals surface area contributed by atoms with Gasteiger partial charge in [-0.15, -0.1) is 0 Å². The van der Waals surface area contributed by atoms with Gasteiger partial charge in [0.05, 0.1) is 6.04 Å². The zero-order valence-corrected chi connectivity index (χ0v) is 10.9. The molecule has 2 rings (SSSR count). The van der Waals surface area contributed by atoms with Gasteiger partial charge in [0.1, 0.15) is 24.4 Å². The SMILES string of the molecule is O=[PH](O)O[C@@H]1C(CO)C[C@@H](Nc2ccncn2)[C@@H]1F. The van der Waals surface area contributed by atoms with Crippen LogP contribution in [-0.2, 0) is 9.09 Å². The summed E-state index contributed by atoms with van der Waals surface area (Å²) in [5.74, 6) is -0.0629. The second kappa shape index (κ2) is 6.38. The van der Waals surface area contributed by atoms with E-state index < -0.39 is 32.5 Å².